The van der Waals surface area contributed by atoms with Gasteiger partial charge in [0.1, 0.15) is 18.1 Å². The third kappa shape index (κ3) is 3.67. The minimum Gasteiger partial charge on any atom is -0.508 e. The van der Waals surface area contributed by atoms with Crippen LogP contribution < -0.4 is 0 Å². The van der Waals surface area contributed by atoms with Gasteiger partial charge in [-0.25, -0.2) is 0 Å². The fraction of sp³-hybridized carbons (Fsp3) is 0.476. The standard InChI is InChI=1S/C21H26N6O/c28-19-4-1-3-16(13-19)14-25-11-7-17(8-12-25)21-24-23-20(27(21)18-5-6-18)15-26-10-2-9-22-26/h1-4,9-10,13,17-18,28H,5-8,11-12,14-15H2. The van der Waals surface area contributed by atoms with Gasteiger partial charge in [-0.1, -0.05) is 12.1 Å². The SMILES string of the molecule is Oc1cccc(CN2CCC(c3nnc(Cn4cccn4)n3C3CC3)CC2)c1. The van der Waals surface area contributed by atoms with E-state index in [1.807, 2.05) is 29.1 Å². The number of hydrogen-bond acceptors (Lipinski definition) is 5. The molecular weight excluding hydrogens is 352 g/mol. The maximum atomic E-state index is 9.67. The number of phenols is 1. The summed E-state index contributed by atoms with van der Waals surface area (Å²) in [6, 6.07) is 10.1. The van der Waals surface area contributed by atoms with Gasteiger partial charge in [-0.05, 0) is 62.5 Å². The highest BCUT2D eigenvalue weighted by Crippen LogP contribution is 2.40. The Hall–Kier alpha value is -2.67. The molecule has 3 heterocycles. The van der Waals surface area contributed by atoms with Crippen LogP contribution in [-0.4, -0.2) is 47.6 Å². The Bertz CT molecular complexity index is 922. The zero-order valence-electron chi connectivity index (χ0n) is 16.0. The Kier molecular flexibility index (Phi) is 4.60. The molecule has 0 spiro atoms. The highest BCUT2D eigenvalue weighted by Gasteiger charge is 2.33. The smallest absolute Gasteiger partial charge is 0.155 e. The molecule has 28 heavy (non-hydrogen) atoms. The van der Waals surface area contributed by atoms with Crippen LogP contribution in [0.3, 0.4) is 0 Å². The summed E-state index contributed by atoms with van der Waals surface area (Å²) in [4.78, 5) is 2.47. The Balaban J connectivity index is 1.27. The van der Waals surface area contributed by atoms with Gasteiger partial charge in [0.15, 0.2) is 5.82 Å². The Labute approximate surface area is 164 Å². The molecule has 0 unspecified atom stereocenters. The molecule has 1 aliphatic carbocycles. The zero-order valence-corrected chi connectivity index (χ0v) is 16.0. The molecule has 2 aliphatic rings. The zero-order chi connectivity index (χ0) is 18.9. The van der Waals surface area contributed by atoms with Crippen LogP contribution in [0.1, 0.15) is 54.9 Å². The number of benzene rings is 1. The van der Waals surface area contributed by atoms with Crippen molar-refractivity contribution in [3.63, 3.8) is 0 Å². The second-order valence-electron chi connectivity index (χ2n) is 8.00. The molecular formula is C21H26N6O. The van der Waals surface area contributed by atoms with Crippen molar-refractivity contribution in [1.82, 2.24) is 29.4 Å². The molecule has 2 aromatic heterocycles. The molecule has 1 aliphatic heterocycles. The molecule has 3 aromatic rings. The number of nitrogens with zero attached hydrogens (tertiary/aromatic N) is 6. The number of rotatable bonds is 6. The predicted octanol–water partition coefficient (Wildman–Crippen LogP) is 2.94. The van der Waals surface area contributed by atoms with Gasteiger partial charge >= 0.3 is 0 Å². The molecule has 0 amide bonds. The number of likely N-dealkylation sites (tertiary alicyclic amines) is 1. The van der Waals surface area contributed by atoms with Gasteiger partial charge < -0.3 is 9.67 Å². The lowest BCUT2D eigenvalue weighted by molar-refractivity contribution is 0.199. The number of phenolic OH excluding ortho intramolecular Hbond substituents is 1. The van der Waals surface area contributed by atoms with Crippen LogP contribution in [0.15, 0.2) is 42.7 Å². The van der Waals surface area contributed by atoms with E-state index in [2.05, 4.69) is 30.8 Å². The Morgan fingerprint density at radius 3 is 2.57 bits per heavy atom. The van der Waals surface area contributed by atoms with E-state index in [0.717, 1.165) is 38.3 Å². The van der Waals surface area contributed by atoms with Crippen LogP contribution in [0.4, 0.5) is 0 Å². The molecule has 2 fully saturated rings. The van der Waals surface area contributed by atoms with E-state index in [9.17, 15) is 5.11 Å². The first-order chi connectivity index (χ1) is 13.8. The molecule has 1 aromatic carbocycles. The number of hydrogen-bond donors (Lipinski definition) is 1. The first-order valence-corrected chi connectivity index (χ1v) is 10.2. The van der Waals surface area contributed by atoms with Crippen LogP contribution in [0.5, 0.6) is 5.75 Å². The summed E-state index contributed by atoms with van der Waals surface area (Å²) in [6.45, 7) is 3.67. The monoisotopic (exact) mass is 378 g/mol. The van der Waals surface area contributed by atoms with Crippen LogP contribution in [0.25, 0.3) is 0 Å². The highest BCUT2D eigenvalue weighted by molar-refractivity contribution is 5.27. The first kappa shape index (κ1) is 17.4. The predicted molar refractivity (Wildman–Crippen MR) is 105 cm³/mol. The lowest BCUT2D eigenvalue weighted by atomic mass is 9.95. The third-order valence-corrected chi connectivity index (χ3v) is 5.84. The first-order valence-electron chi connectivity index (χ1n) is 10.2. The Morgan fingerprint density at radius 2 is 1.86 bits per heavy atom. The molecule has 1 N–H and O–H groups in total. The fourth-order valence-electron chi connectivity index (χ4n) is 4.26. The second-order valence-corrected chi connectivity index (χ2v) is 8.00. The molecule has 1 saturated heterocycles. The van der Waals surface area contributed by atoms with E-state index in [4.69, 9.17) is 0 Å². The normalized spacial score (nSPS) is 18.6. The summed E-state index contributed by atoms with van der Waals surface area (Å²) in [7, 11) is 0. The van der Waals surface area contributed by atoms with Gasteiger partial charge in [-0.15, -0.1) is 10.2 Å². The van der Waals surface area contributed by atoms with E-state index in [1.54, 1.807) is 12.3 Å². The maximum absolute atomic E-state index is 9.67. The van der Waals surface area contributed by atoms with Gasteiger partial charge in [0.2, 0.25) is 0 Å². The van der Waals surface area contributed by atoms with Crippen LogP contribution >= 0.6 is 0 Å². The number of piperidine rings is 1. The van der Waals surface area contributed by atoms with E-state index in [0.29, 0.717) is 24.3 Å². The summed E-state index contributed by atoms with van der Waals surface area (Å²) < 4.78 is 4.32. The maximum Gasteiger partial charge on any atom is 0.155 e. The minimum absolute atomic E-state index is 0.342. The van der Waals surface area contributed by atoms with Crippen molar-refractivity contribution in [2.45, 2.75) is 50.7 Å². The molecule has 7 nitrogen and oxygen atoms in total. The van der Waals surface area contributed by atoms with Crippen molar-refractivity contribution in [2.75, 3.05) is 13.1 Å². The fourth-order valence-corrected chi connectivity index (χ4v) is 4.26. The van der Waals surface area contributed by atoms with E-state index < -0.39 is 0 Å². The van der Waals surface area contributed by atoms with Crippen molar-refractivity contribution >= 4 is 0 Å². The van der Waals surface area contributed by atoms with Crippen molar-refractivity contribution < 1.29 is 5.11 Å². The van der Waals surface area contributed by atoms with Crippen LogP contribution in [-0.2, 0) is 13.1 Å². The van der Waals surface area contributed by atoms with Crippen molar-refractivity contribution in [3.05, 3.63) is 59.9 Å². The largest absolute Gasteiger partial charge is 0.508 e. The molecule has 5 rings (SSSR count). The summed E-state index contributed by atoms with van der Waals surface area (Å²) in [6.07, 6.45) is 8.45. The quantitative estimate of drug-likeness (QED) is 0.714. The molecule has 1 saturated carbocycles. The van der Waals surface area contributed by atoms with Crippen LogP contribution in [0.2, 0.25) is 0 Å². The lowest BCUT2D eigenvalue weighted by Gasteiger charge is -2.31. The van der Waals surface area contributed by atoms with Crippen molar-refractivity contribution in [3.8, 4) is 5.75 Å². The van der Waals surface area contributed by atoms with Crippen molar-refractivity contribution in [2.24, 2.45) is 0 Å². The average molecular weight is 378 g/mol. The summed E-state index contributed by atoms with van der Waals surface area (Å²) >= 11 is 0. The van der Waals surface area contributed by atoms with Gasteiger partial charge in [0, 0.05) is 30.9 Å². The highest BCUT2D eigenvalue weighted by atomic mass is 16.3. The van der Waals surface area contributed by atoms with Crippen LogP contribution in [0, 0.1) is 0 Å². The summed E-state index contributed by atoms with van der Waals surface area (Å²) in [5.41, 5.74) is 1.17. The van der Waals surface area contributed by atoms with Gasteiger partial charge in [0.25, 0.3) is 0 Å². The van der Waals surface area contributed by atoms with Crippen molar-refractivity contribution in [1.29, 1.82) is 0 Å². The van der Waals surface area contributed by atoms with Gasteiger partial charge in [-0.3, -0.25) is 9.58 Å². The van der Waals surface area contributed by atoms with Gasteiger partial charge in [-0.2, -0.15) is 5.10 Å². The second kappa shape index (κ2) is 7.39. The summed E-state index contributed by atoms with van der Waals surface area (Å²) in [5, 5.41) is 23.2. The average Bonchev–Trinajstić information content (AvgIpc) is 3.24. The molecule has 7 heteroatoms. The topological polar surface area (TPSA) is 72.0 Å². The Morgan fingerprint density at radius 1 is 1.00 bits per heavy atom. The molecule has 0 bridgehead atoms. The molecule has 0 atom stereocenters. The minimum atomic E-state index is 0.342. The molecule has 0 radical (unpaired) electrons. The van der Waals surface area contributed by atoms with E-state index in [1.165, 1.54) is 24.2 Å². The number of aromatic nitrogens is 5. The number of aromatic hydroxyl groups is 1. The van der Waals surface area contributed by atoms with Gasteiger partial charge in [0.05, 0.1) is 0 Å². The summed E-state index contributed by atoms with van der Waals surface area (Å²) in [5.74, 6) is 3.01. The molecule has 146 valence electrons. The third-order valence-electron chi connectivity index (χ3n) is 5.84. The van der Waals surface area contributed by atoms with E-state index in [-0.39, 0.29) is 0 Å². The lowest BCUT2D eigenvalue weighted by Crippen LogP contribution is -2.33. The van der Waals surface area contributed by atoms with E-state index >= 15 is 0 Å².